The molecule has 1 saturated carbocycles. The third-order valence-corrected chi connectivity index (χ3v) is 5.00. The van der Waals surface area contributed by atoms with Crippen molar-refractivity contribution < 1.29 is 5.11 Å². The molecule has 0 aliphatic heterocycles. The summed E-state index contributed by atoms with van der Waals surface area (Å²) in [7, 11) is 0. The van der Waals surface area contributed by atoms with Crippen molar-refractivity contribution in [2.45, 2.75) is 64.9 Å². The Morgan fingerprint density at radius 2 is 1.88 bits per heavy atom. The van der Waals surface area contributed by atoms with Crippen LogP contribution in [-0.4, -0.2) is 16.2 Å². The number of aliphatic hydroxyl groups is 1. The Labute approximate surface area is 108 Å². The van der Waals surface area contributed by atoms with Crippen LogP contribution in [-0.2, 0) is 6.42 Å². The number of hydrogen-bond acceptors (Lipinski definition) is 3. The molecular weight excluding hydrogens is 230 g/mol. The third kappa shape index (κ3) is 3.52. The summed E-state index contributed by atoms with van der Waals surface area (Å²) < 4.78 is 0. The molecule has 1 fully saturated rings. The zero-order valence-electron chi connectivity index (χ0n) is 10.9. The van der Waals surface area contributed by atoms with Crippen molar-refractivity contribution in [1.29, 1.82) is 0 Å². The number of rotatable bonds is 3. The first kappa shape index (κ1) is 13.0. The minimum Gasteiger partial charge on any atom is -0.392 e. The van der Waals surface area contributed by atoms with Gasteiger partial charge < -0.3 is 5.11 Å². The number of aromatic nitrogens is 1. The first-order valence-corrected chi connectivity index (χ1v) is 7.59. The predicted molar refractivity (Wildman–Crippen MR) is 72.5 cm³/mol. The summed E-state index contributed by atoms with van der Waals surface area (Å²) in [6, 6.07) is 0. The van der Waals surface area contributed by atoms with E-state index in [1.165, 1.54) is 43.4 Å². The summed E-state index contributed by atoms with van der Waals surface area (Å²) in [5.74, 6) is 0.502. The van der Waals surface area contributed by atoms with E-state index in [1.54, 1.807) is 11.3 Å². The molecule has 2 nitrogen and oxygen atoms in total. The summed E-state index contributed by atoms with van der Waals surface area (Å²) >= 11 is 1.74. The molecule has 1 unspecified atom stereocenters. The average molecular weight is 253 g/mol. The van der Waals surface area contributed by atoms with E-state index in [0.717, 1.165) is 17.1 Å². The Bertz CT molecular complexity index is 334. The van der Waals surface area contributed by atoms with Crippen molar-refractivity contribution in [2.75, 3.05) is 0 Å². The van der Waals surface area contributed by atoms with Crippen molar-refractivity contribution in [3.63, 3.8) is 0 Å². The van der Waals surface area contributed by atoms with Gasteiger partial charge in [0.15, 0.2) is 0 Å². The summed E-state index contributed by atoms with van der Waals surface area (Å²) in [5, 5.41) is 11.4. The molecule has 1 heterocycles. The van der Waals surface area contributed by atoms with E-state index in [4.69, 9.17) is 0 Å². The van der Waals surface area contributed by atoms with Gasteiger partial charge in [0.2, 0.25) is 0 Å². The number of thiazole rings is 1. The van der Waals surface area contributed by atoms with Crippen molar-refractivity contribution in [3.05, 3.63) is 15.6 Å². The SMILES string of the molecule is Cc1nc(CC(O)C2CCCCCC2)sc1C. The molecular formula is C14H23NOS. The van der Waals surface area contributed by atoms with E-state index in [9.17, 15) is 5.11 Å². The molecule has 0 radical (unpaired) electrons. The van der Waals surface area contributed by atoms with Gasteiger partial charge in [0.25, 0.3) is 0 Å². The molecule has 1 aromatic heterocycles. The first-order chi connectivity index (χ1) is 8.16. The van der Waals surface area contributed by atoms with E-state index in [-0.39, 0.29) is 6.10 Å². The van der Waals surface area contributed by atoms with Crippen molar-refractivity contribution >= 4 is 11.3 Å². The molecule has 1 aromatic rings. The van der Waals surface area contributed by atoms with Gasteiger partial charge in [0.1, 0.15) is 0 Å². The molecule has 1 atom stereocenters. The first-order valence-electron chi connectivity index (χ1n) is 6.78. The second-order valence-electron chi connectivity index (χ2n) is 5.27. The highest BCUT2D eigenvalue weighted by atomic mass is 32.1. The molecule has 96 valence electrons. The lowest BCUT2D eigenvalue weighted by Crippen LogP contribution is -2.22. The molecule has 0 amide bonds. The van der Waals surface area contributed by atoms with Gasteiger partial charge in [-0.3, -0.25) is 0 Å². The maximum absolute atomic E-state index is 10.3. The Morgan fingerprint density at radius 3 is 2.41 bits per heavy atom. The van der Waals surface area contributed by atoms with Gasteiger partial charge >= 0.3 is 0 Å². The highest BCUT2D eigenvalue weighted by molar-refractivity contribution is 7.11. The topological polar surface area (TPSA) is 33.1 Å². The fourth-order valence-corrected chi connectivity index (χ4v) is 3.65. The standard InChI is InChI=1S/C14H23NOS/c1-10-11(2)17-14(15-10)9-13(16)12-7-5-3-4-6-8-12/h12-13,16H,3-9H2,1-2H3. The summed E-state index contributed by atoms with van der Waals surface area (Å²) in [4.78, 5) is 5.81. The van der Waals surface area contributed by atoms with Crippen LogP contribution < -0.4 is 0 Å². The Morgan fingerprint density at radius 1 is 1.24 bits per heavy atom. The van der Waals surface area contributed by atoms with Crippen LogP contribution in [0.4, 0.5) is 0 Å². The largest absolute Gasteiger partial charge is 0.392 e. The number of hydrogen-bond donors (Lipinski definition) is 1. The van der Waals surface area contributed by atoms with Crippen LogP contribution in [0.1, 0.15) is 54.1 Å². The Hall–Kier alpha value is -0.410. The number of aliphatic hydroxyl groups excluding tert-OH is 1. The monoisotopic (exact) mass is 253 g/mol. The van der Waals surface area contributed by atoms with E-state index in [2.05, 4.69) is 11.9 Å². The van der Waals surface area contributed by atoms with E-state index < -0.39 is 0 Å². The van der Waals surface area contributed by atoms with Crippen LogP contribution >= 0.6 is 11.3 Å². The predicted octanol–water partition coefficient (Wildman–Crippen LogP) is 3.63. The van der Waals surface area contributed by atoms with E-state index >= 15 is 0 Å². The maximum Gasteiger partial charge on any atom is 0.0956 e. The molecule has 0 bridgehead atoms. The molecule has 1 aliphatic carbocycles. The zero-order chi connectivity index (χ0) is 12.3. The molecule has 2 rings (SSSR count). The Balaban J connectivity index is 1.93. The molecule has 1 N–H and O–H groups in total. The minimum atomic E-state index is -0.182. The van der Waals surface area contributed by atoms with Gasteiger partial charge in [0.05, 0.1) is 16.8 Å². The van der Waals surface area contributed by atoms with E-state index in [0.29, 0.717) is 5.92 Å². The number of aryl methyl sites for hydroxylation is 2. The highest BCUT2D eigenvalue weighted by Gasteiger charge is 2.22. The van der Waals surface area contributed by atoms with Crippen molar-refractivity contribution in [3.8, 4) is 0 Å². The normalized spacial score (nSPS) is 20.2. The van der Waals surface area contributed by atoms with Gasteiger partial charge in [-0.1, -0.05) is 25.7 Å². The van der Waals surface area contributed by atoms with Crippen LogP contribution in [0, 0.1) is 19.8 Å². The maximum atomic E-state index is 10.3. The van der Waals surface area contributed by atoms with Crippen LogP contribution in [0.15, 0.2) is 0 Å². The summed E-state index contributed by atoms with van der Waals surface area (Å²) in [5.41, 5.74) is 1.12. The molecule has 1 aliphatic rings. The second-order valence-corrected chi connectivity index (χ2v) is 6.56. The third-order valence-electron chi connectivity index (χ3n) is 3.90. The summed E-state index contributed by atoms with van der Waals surface area (Å²) in [6.07, 6.45) is 8.24. The Kier molecular flexibility index (Phi) is 4.57. The second kappa shape index (κ2) is 5.96. The van der Waals surface area contributed by atoms with Gasteiger partial charge in [-0.2, -0.15) is 0 Å². The molecule has 0 spiro atoms. The van der Waals surface area contributed by atoms with Crippen LogP contribution in [0.3, 0.4) is 0 Å². The summed E-state index contributed by atoms with van der Waals surface area (Å²) in [6.45, 7) is 4.15. The smallest absolute Gasteiger partial charge is 0.0956 e. The van der Waals surface area contributed by atoms with Crippen LogP contribution in [0.5, 0.6) is 0 Å². The van der Waals surface area contributed by atoms with Gasteiger partial charge in [-0.05, 0) is 32.6 Å². The lowest BCUT2D eigenvalue weighted by Gasteiger charge is -2.20. The lowest BCUT2D eigenvalue weighted by molar-refractivity contribution is 0.0985. The lowest BCUT2D eigenvalue weighted by atomic mass is 9.92. The molecule has 0 saturated heterocycles. The van der Waals surface area contributed by atoms with Gasteiger partial charge in [-0.15, -0.1) is 11.3 Å². The van der Waals surface area contributed by atoms with Gasteiger partial charge in [0, 0.05) is 11.3 Å². The zero-order valence-corrected chi connectivity index (χ0v) is 11.7. The molecule has 0 aromatic carbocycles. The highest BCUT2D eigenvalue weighted by Crippen LogP contribution is 2.28. The van der Waals surface area contributed by atoms with Gasteiger partial charge in [-0.25, -0.2) is 4.98 Å². The van der Waals surface area contributed by atoms with E-state index in [1.807, 2.05) is 6.92 Å². The molecule has 17 heavy (non-hydrogen) atoms. The van der Waals surface area contributed by atoms with Crippen LogP contribution in [0.2, 0.25) is 0 Å². The molecule has 3 heteroatoms. The fraction of sp³-hybridized carbons (Fsp3) is 0.786. The fourth-order valence-electron chi connectivity index (χ4n) is 2.67. The number of nitrogens with zero attached hydrogens (tertiary/aromatic N) is 1. The van der Waals surface area contributed by atoms with Crippen LogP contribution in [0.25, 0.3) is 0 Å². The quantitative estimate of drug-likeness (QED) is 0.834. The average Bonchev–Trinajstić information content (AvgIpc) is 2.54. The van der Waals surface area contributed by atoms with Crippen molar-refractivity contribution in [2.24, 2.45) is 5.92 Å². The van der Waals surface area contributed by atoms with Crippen molar-refractivity contribution in [1.82, 2.24) is 4.98 Å². The minimum absolute atomic E-state index is 0.182.